The molecule has 26 heavy (non-hydrogen) atoms. The Morgan fingerprint density at radius 2 is 1.85 bits per heavy atom. The van der Waals surface area contributed by atoms with Gasteiger partial charge in [0.25, 0.3) is 5.91 Å². The highest BCUT2D eigenvalue weighted by molar-refractivity contribution is 6.03. The molecule has 0 bridgehead atoms. The van der Waals surface area contributed by atoms with Crippen LogP contribution in [0.3, 0.4) is 0 Å². The van der Waals surface area contributed by atoms with E-state index in [4.69, 9.17) is 0 Å². The van der Waals surface area contributed by atoms with Crippen molar-refractivity contribution in [3.63, 3.8) is 0 Å². The number of imidazole rings is 1. The van der Waals surface area contributed by atoms with E-state index in [1.807, 2.05) is 30.3 Å². The number of aliphatic hydroxyl groups excluding tert-OH is 1. The maximum atomic E-state index is 12.4. The molecular formula is C19H21N5O2. The van der Waals surface area contributed by atoms with Gasteiger partial charge in [-0.1, -0.05) is 18.2 Å². The Hall–Kier alpha value is -2.93. The van der Waals surface area contributed by atoms with Crippen molar-refractivity contribution in [3.05, 3.63) is 54.2 Å². The van der Waals surface area contributed by atoms with E-state index < -0.39 is 0 Å². The lowest BCUT2D eigenvalue weighted by atomic mass is 9.93. The Balaban J connectivity index is 1.52. The summed E-state index contributed by atoms with van der Waals surface area (Å²) >= 11 is 0. The molecule has 7 heteroatoms. The van der Waals surface area contributed by atoms with Crippen LogP contribution in [0.4, 0.5) is 11.6 Å². The summed E-state index contributed by atoms with van der Waals surface area (Å²) in [5, 5.41) is 20.5. The van der Waals surface area contributed by atoms with Crippen LogP contribution in [0.5, 0.6) is 0 Å². The van der Waals surface area contributed by atoms with Crippen molar-refractivity contribution in [2.24, 2.45) is 0 Å². The molecule has 1 saturated carbocycles. The maximum Gasteiger partial charge on any atom is 0.256 e. The molecule has 2 heterocycles. The number of benzene rings is 1. The van der Waals surface area contributed by atoms with Crippen molar-refractivity contribution >= 4 is 23.2 Å². The van der Waals surface area contributed by atoms with Gasteiger partial charge in [0.05, 0.1) is 12.3 Å². The van der Waals surface area contributed by atoms with Gasteiger partial charge in [0.15, 0.2) is 11.5 Å². The number of nitrogens with zero attached hydrogens (tertiary/aromatic N) is 3. The molecule has 0 saturated heterocycles. The highest BCUT2D eigenvalue weighted by atomic mass is 16.3. The number of amides is 1. The maximum absolute atomic E-state index is 12.4. The number of nitrogens with one attached hydrogen (secondary N) is 2. The van der Waals surface area contributed by atoms with E-state index in [-0.39, 0.29) is 12.0 Å². The zero-order chi connectivity index (χ0) is 17.9. The Labute approximate surface area is 151 Å². The van der Waals surface area contributed by atoms with Crippen LogP contribution in [0.25, 0.3) is 5.65 Å². The fourth-order valence-electron chi connectivity index (χ4n) is 3.24. The van der Waals surface area contributed by atoms with Crippen molar-refractivity contribution in [1.29, 1.82) is 0 Å². The molecule has 3 aromatic rings. The number of anilines is 2. The molecule has 0 aliphatic heterocycles. The summed E-state index contributed by atoms with van der Waals surface area (Å²) in [6, 6.07) is 13.1. The van der Waals surface area contributed by atoms with Gasteiger partial charge in [-0.25, -0.2) is 4.98 Å². The average Bonchev–Trinajstić information content (AvgIpc) is 3.06. The number of carbonyl (C=O) groups is 1. The van der Waals surface area contributed by atoms with Gasteiger partial charge in [0, 0.05) is 11.6 Å². The fourth-order valence-corrected chi connectivity index (χ4v) is 3.24. The van der Waals surface area contributed by atoms with Gasteiger partial charge in [0.1, 0.15) is 5.82 Å². The Kier molecular flexibility index (Phi) is 4.53. The molecule has 3 N–H and O–H groups in total. The van der Waals surface area contributed by atoms with Crippen LogP contribution in [0.15, 0.2) is 48.7 Å². The van der Waals surface area contributed by atoms with E-state index in [2.05, 4.69) is 20.7 Å². The van der Waals surface area contributed by atoms with Crippen molar-refractivity contribution < 1.29 is 9.90 Å². The minimum atomic E-state index is -0.200. The molecule has 7 nitrogen and oxygen atoms in total. The predicted molar refractivity (Wildman–Crippen MR) is 99.3 cm³/mol. The molecule has 1 aliphatic rings. The molecule has 2 aromatic heterocycles. The van der Waals surface area contributed by atoms with E-state index >= 15 is 0 Å². The first-order valence-electron chi connectivity index (χ1n) is 8.85. The molecule has 1 aliphatic carbocycles. The monoisotopic (exact) mass is 351 g/mol. The number of carbonyl (C=O) groups excluding carboxylic acids is 1. The van der Waals surface area contributed by atoms with Crippen LogP contribution >= 0.6 is 0 Å². The van der Waals surface area contributed by atoms with E-state index in [0.717, 1.165) is 31.5 Å². The molecule has 0 radical (unpaired) electrons. The highest BCUT2D eigenvalue weighted by Crippen LogP contribution is 2.22. The summed E-state index contributed by atoms with van der Waals surface area (Å²) in [5.41, 5.74) is 1.25. The summed E-state index contributed by atoms with van der Waals surface area (Å²) in [6.07, 6.45) is 4.87. The molecule has 134 valence electrons. The third kappa shape index (κ3) is 3.52. The Bertz CT molecular complexity index is 901. The van der Waals surface area contributed by atoms with Gasteiger partial charge in [0.2, 0.25) is 0 Å². The summed E-state index contributed by atoms with van der Waals surface area (Å²) in [6.45, 7) is 0. The predicted octanol–water partition coefficient (Wildman–Crippen LogP) is 2.70. The van der Waals surface area contributed by atoms with Gasteiger partial charge in [-0.05, 0) is 49.9 Å². The molecule has 0 spiro atoms. The van der Waals surface area contributed by atoms with Crippen molar-refractivity contribution in [3.8, 4) is 0 Å². The minimum Gasteiger partial charge on any atom is -0.393 e. The van der Waals surface area contributed by atoms with Crippen LogP contribution in [0.2, 0.25) is 0 Å². The third-order valence-corrected chi connectivity index (χ3v) is 4.69. The molecule has 1 amide bonds. The SMILES string of the molecule is O=C(Nc1cnc2ccc(NC3CCC(O)CC3)nn12)c1ccccc1. The zero-order valence-corrected chi connectivity index (χ0v) is 14.3. The number of hydrogen-bond acceptors (Lipinski definition) is 5. The van der Waals surface area contributed by atoms with Crippen LogP contribution < -0.4 is 10.6 Å². The molecule has 0 unspecified atom stereocenters. The lowest BCUT2D eigenvalue weighted by Gasteiger charge is -2.26. The Morgan fingerprint density at radius 1 is 1.08 bits per heavy atom. The fraction of sp³-hybridized carbons (Fsp3) is 0.316. The molecule has 4 rings (SSSR count). The second-order valence-electron chi connectivity index (χ2n) is 6.60. The van der Waals surface area contributed by atoms with Gasteiger partial charge in [-0.15, -0.1) is 5.10 Å². The second-order valence-corrected chi connectivity index (χ2v) is 6.60. The lowest BCUT2D eigenvalue weighted by Crippen LogP contribution is -2.28. The summed E-state index contributed by atoms with van der Waals surface area (Å²) in [4.78, 5) is 16.7. The van der Waals surface area contributed by atoms with Crippen LogP contribution in [-0.4, -0.2) is 37.8 Å². The first kappa shape index (κ1) is 16.5. The van der Waals surface area contributed by atoms with Gasteiger partial charge >= 0.3 is 0 Å². The lowest BCUT2D eigenvalue weighted by molar-refractivity contribution is 0.102. The molecule has 1 fully saturated rings. The minimum absolute atomic E-state index is 0.183. The number of rotatable bonds is 4. The smallest absolute Gasteiger partial charge is 0.256 e. The van der Waals surface area contributed by atoms with Crippen LogP contribution in [0, 0.1) is 0 Å². The second kappa shape index (κ2) is 7.13. The highest BCUT2D eigenvalue weighted by Gasteiger charge is 2.19. The number of fused-ring (bicyclic) bond motifs is 1. The summed E-state index contributed by atoms with van der Waals surface area (Å²) < 4.78 is 1.63. The van der Waals surface area contributed by atoms with E-state index in [1.54, 1.807) is 22.8 Å². The number of aromatic nitrogens is 3. The largest absolute Gasteiger partial charge is 0.393 e. The quantitative estimate of drug-likeness (QED) is 0.672. The van der Waals surface area contributed by atoms with Crippen molar-refractivity contribution in [2.45, 2.75) is 37.8 Å². The molecule has 0 atom stereocenters. The summed E-state index contributed by atoms with van der Waals surface area (Å²) in [5.74, 6) is 1.05. The Morgan fingerprint density at radius 3 is 2.62 bits per heavy atom. The number of hydrogen-bond donors (Lipinski definition) is 3. The number of aliphatic hydroxyl groups is 1. The third-order valence-electron chi connectivity index (χ3n) is 4.69. The van der Waals surface area contributed by atoms with Crippen molar-refractivity contribution in [1.82, 2.24) is 14.6 Å². The topological polar surface area (TPSA) is 91.5 Å². The van der Waals surface area contributed by atoms with Crippen LogP contribution in [-0.2, 0) is 0 Å². The van der Waals surface area contributed by atoms with E-state index in [1.165, 1.54) is 0 Å². The molecular weight excluding hydrogens is 330 g/mol. The van der Waals surface area contributed by atoms with Gasteiger partial charge in [-0.3, -0.25) is 4.79 Å². The zero-order valence-electron chi connectivity index (χ0n) is 14.3. The van der Waals surface area contributed by atoms with Gasteiger partial charge < -0.3 is 15.7 Å². The molecule has 1 aromatic carbocycles. The first-order valence-corrected chi connectivity index (χ1v) is 8.85. The summed E-state index contributed by atoms with van der Waals surface area (Å²) in [7, 11) is 0. The van der Waals surface area contributed by atoms with Crippen LogP contribution in [0.1, 0.15) is 36.0 Å². The van der Waals surface area contributed by atoms with E-state index in [0.29, 0.717) is 23.1 Å². The average molecular weight is 351 g/mol. The first-order chi connectivity index (χ1) is 12.7. The normalized spacial score (nSPS) is 20.0. The van der Waals surface area contributed by atoms with Crippen molar-refractivity contribution in [2.75, 3.05) is 10.6 Å². The standard InChI is InChI=1S/C19H21N5O2/c25-15-8-6-14(7-9-15)21-16-10-11-17-20-12-18(24(17)23-16)22-19(26)13-4-2-1-3-5-13/h1-5,10-12,14-15,25H,6-9H2,(H,21,23)(H,22,26). The van der Waals surface area contributed by atoms with E-state index in [9.17, 15) is 9.90 Å². The van der Waals surface area contributed by atoms with Gasteiger partial charge in [-0.2, -0.15) is 4.52 Å².